The van der Waals surface area contributed by atoms with Crippen LogP contribution in [-0.4, -0.2) is 17.7 Å². The summed E-state index contributed by atoms with van der Waals surface area (Å²) >= 11 is 4.08. The van der Waals surface area contributed by atoms with Crippen molar-refractivity contribution in [2.75, 3.05) is 6.61 Å². The smallest absolute Gasteiger partial charge is 0.434 e. The Bertz CT molecular complexity index is 225. The highest BCUT2D eigenvalue weighted by atomic mass is 32.1. The first-order valence-corrected chi connectivity index (χ1v) is 6.02. The zero-order valence-electron chi connectivity index (χ0n) is 11.2. The number of carbonyl (C=O) groups excluding carboxylic acids is 1. The van der Waals surface area contributed by atoms with Crippen molar-refractivity contribution < 1.29 is 14.3 Å². The van der Waals surface area contributed by atoms with Gasteiger partial charge in [-0.05, 0) is 31.6 Å². The van der Waals surface area contributed by atoms with E-state index in [2.05, 4.69) is 40.3 Å². The van der Waals surface area contributed by atoms with Gasteiger partial charge in [-0.1, -0.05) is 27.7 Å². The van der Waals surface area contributed by atoms with Crippen molar-refractivity contribution in [3.8, 4) is 0 Å². The summed E-state index contributed by atoms with van der Waals surface area (Å²) in [4.78, 5) is 10.4. The van der Waals surface area contributed by atoms with Crippen LogP contribution in [0.1, 0.15) is 48.0 Å². The third kappa shape index (κ3) is 10.1. The molecule has 0 N–H and O–H groups in total. The van der Waals surface area contributed by atoms with Gasteiger partial charge in [-0.25, -0.2) is 4.79 Å². The third-order valence-electron chi connectivity index (χ3n) is 1.78. The summed E-state index contributed by atoms with van der Waals surface area (Å²) < 4.78 is 9.94. The molecule has 16 heavy (non-hydrogen) atoms. The number of rotatable bonds is 4. The molecule has 0 saturated carbocycles. The van der Waals surface area contributed by atoms with Crippen LogP contribution in [0.3, 0.4) is 0 Å². The maximum Gasteiger partial charge on any atom is 0.509 e. The van der Waals surface area contributed by atoms with Gasteiger partial charge in [-0.2, -0.15) is 0 Å². The minimum Gasteiger partial charge on any atom is -0.434 e. The molecule has 0 aromatic carbocycles. The maximum absolute atomic E-state index is 11.2. The van der Waals surface area contributed by atoms with Crippen molar-refractivity contribution in [1.29, 1.82) is 0 Å². The molecule has 3 nitrogen and oxygen atoms in total. The molecule has 0 spiro atoms. The van der Waals surface area contributed by atoms with E-state index in [1.165, 1.54) is 0 Å². The molecule has 0 aliphatic carbocycles. The van der Waals surface area contributed by atoms with Crippen LogP contribution in [0.25, 0.3) is 0 Å². The second-order valence-electron chi connectivity index (χ2n) is 5.98. The number of ether oxygens (including phenoxy) is 2. The van der Waals surface area contributed by atoms with Crippen molar-refractivity contribution in [3.05, 3.63) is 0 Å². The van der Waals surface area contributed by atoms with E-state index in [0.717, 1.165) is 6.42 Å². The van der Waals surface area contributed by atoms with E-state index in [-0.39, 0.29) is 5.41 Å². The minimum atomic E-state index is -0.787. The molecule has 0 rings (SSSR count). The fourth-order valence-corrected chi connectivity index (χ4v) is 1.62. The first-order valence-electron chi connectivity index (χ1n) is 5.58. The zero-order chi connectivity index (χ0) is 13.0. The second kappa shape index (κ2) is 5.80. The van der Waals surface area contributed by atoms with Crippen molar-refractivity contribution in [1.82, 2.24) is 0 Å². The highest BCUT2D eigenvalue weighted by Crippen LogP contribution is 2.24. The molecule has 4 heteroatoms. The van der Waals surface area contributed by atoms with Gasteiger partial charge in [-0.15, -0.1) is 12.6 Å². The van der Waals surface area contributed by atoms with E-state index in [0.29, 0.717) is 12.5 Å². The molecule has 1 unspecified atom stereocenters. The molecule has 0 aliphatic rings. The number of hydrogen-bond acceptors (Lipinski definition) is 4. The van der Waals surface area contributed by atoms with E-state index >= 15 is 0 Å². The van der Waals surface area contributed by atoms with Crippen molar-refractivity contribution >= 4 is 18.8 Å². The van der Waals surface area contributed by atoms with E-state index in [4.69, 9.17) is 9.47 Å². The Kier molecular flexibility index (Phi) is 5.66. The van der Waals surface area contributed by atoms with E-state index in [9.17, 15) is 4.79 Å². The number of hydrogen-bond donors (Lipinski definition) is 1. The fraction of sp³-hybridized carbons (Fsp3) is 0.917. The summed E-state index contributed by atoms with van der Waals surface area (Å²) in [5, 5.41) is 0. The van der Waals surface area contributed by atoms with Crippen LogP contribution >= 0.6 is 12.6 Å². The second-order valence-corrected chi connectivity index (χ2v) is 7.06. The van der Waals surface area contributed by atoms with Gasteiger partial charge in [0, 0.05) is 0 Å². The van der Waals surface area contributed by atoms with Crippen LogP contribution in [0, 0.1) is 11.3 Å². The largest absolute Gasteiger partial charge is 0.509 e. The Balaban J connectivity index is 3.85. The molecule has 0 heterocycles. The normalized spacial score (nSPS) is 14.4. The highest BCUT2D eigenvalue weighted by Gasteiger charge is 2.20. The van der Waals surface area contributed by atoms with Crippen LogP contribution in [0.4, 0.5) is 4.79 Å². The first-order chi connectivity index (χ1) is 6.99. The van der Waals surface area contributed by atoms with Gasteiger partial charge in [-0.3, -0.25) is 0 Å². The molecule has 96 valence electrons. The lowest BCUT2D eigenvalue weighted by Crippen LogP contribution is -2.24. The van der Waals surface area contributed by atoms with E-state index in [1.807, 2.05) is 0 Å². The lowest BCUT2D eigenvalue weighted by atomic mass is 9.86. The van der Waals surface area contributed by atoms with E-state index < -0.39 is 11.1 Å². The van der Waals surface area contributed by atoms with Crippen LogP contribution in [0.5, 0.6) is 0 Å². The topological polar surface area (TPSA) is 35.5 Å². The molecule has 0 saturated heterocycles. The SMILES string of the molecule is CC(COC(=O)OC(C)(C)S)CC(C)(C)C. The fourth-order valence-electron chi connectivity index (χ4n) is 1.55. The molecule has 0 amide bonds. The zero-order valence-corrected chi connectivity index (χ0v) is 12.1. The average Bonchev–Trinajstić information content (AvgIpc) is 1.94. The molecule has 0 aliphatic heterocycles. The lowest BCUT2D eigenvalue weighted by Gasteiger charge is -2.23. The van der Waals surface area contributed by atoms with E-state index in [1.54, 1.807) is 13.8 Å². The first kappa shape index (κ1) is 15.6. The van der Waals surface area contributed by atoms with Crippen LogP contribution < -0.4 is 0 Å². The summed E-state index contributed by atoms with van der Waals surface area (Å²) in [5.74, 6) is 0.329. The third-order valence-corrected chi connectivity index (χ3v) is 1.87. The molecule has 0 aromatic heterocycles. The molecule has 0 fully saturated rings. The Morgan fingerprint density at radius 2 is 1.75 bits per heavy atom. The van der Waals surface area contributed by atoms with Crippen LogP contribution in [0.15, 0.2) is 0 Å². The quantitative estimate of drug-likeness (QED) is 0.466. The van der Waals surface area contributed by atoms with Crippen molar-refractivity contribution in [2.24, 2.45) is 11.3 Å². The Morgan fingerprint density at radius 1 is 1.25 bits per heavy atom. The summed E-state index contributed by atoms with van der Waals surface area (Å²) in [6.45, 7) is 12.3. The van der Waals surface area contributed by atoms with Gasteiger partial charge in [0.1, 0.15) is 0 Å². The van der Waals surface area contributed by atoms with Gasteiger partial charge in [0.05, 0.1) is 6.61 Å². The standard InChI is InChI=1S/C12H24O3S/c1-9(7-11(2,3)4)8-14-10(13)15-12(5,6)16/h9,16H,7-8H2,1-6H3. The summed E-state index contributed by atoms with van der Waals surface area (Å²) in [5.41, 5.74) is 0.246. The summed E-state index contributed by atoms with van der Waals surface area (Å²) in [6.07, 6.45) is 0.352. The number of carbonyl (C=O) groups is 1. The summed E-state index contributed by atoms with van der Waals surface area (Å²) in [7, 11) is 0. The lowest BCUT2D eigenvalue weighted by molar-refractivity contribution is 0.0134. The van der Waals surface area contributed by atoms with Gasteiger partial charge in [0.15, 0.2) is 4.93 Å². The van der Waals surface area contributed by atoms with Gasteiger partial charge < -0.3 is 9.47 Å². The van der Waals surface area contributed by atoms with Crippen LogP contribution in [0.2, 0.25) is 0 Å². The average molecular weight is 248 g/mol. The highest BCUT2D eigenvalue weighted by molar-refractivity contribution is 7.81. The molecular weight excluding hydrogens is 224 g/mol. The monoisotopic (exact) mass is 248 g/mol. The Labute approximate surface area is 104 Å². The molecule has 0 radical (unpaired) electrons. The molecule has 1 atom stereocenters. The molecule has 0 aromatic rings. The molecule has 0 bridgehead atoms. The predicted octanol–water partition coefficient (Wildman–Crippen LogP) is 3.88. The maximum atomic E-state index is 11.2. The Morgan fingerprint density at radius 3 is 2.12 bits per heavy atom. The van der Waals surface area contributed by atoms with Crippen molar-refractivity contribution in [3.63, 3.8) is 0 Å². The van der Waals surface area contributed by atoms with Gasteiger partial charge in [0.2, 0.25) is 0 Å². The Hall–Kier alpha value is -0.380. The van der Waals surface area contributed by atoms with Gasteiger partial charge in [0.25, 0.3) is 0 Å². The van der Waals surface area contributed by atoms with Gasteiger partial charge >= 0.3 is 6.16 Å². The summed E-state index contributed by atoms with van der Waals surface area (Å²) in [6, 6.07) is 0. The molecular formula is C12H24O3S. The minimum absolute atomic E-state index is 0.246. The number of thiol groups is 1. The van der Waals surface area contributed by atoms with Crippen LogP contribution in [-0.2, 0) is 9.47 Å². The van der Waals surface area contributed by atoms with Crippen molar-refractivity contribution in [2.45, 2.75) is 52.9 Å². The predicted molar refractivity (Wildman–Crippen MR) is 68.7 cm³/mol.